The highest BCUT2D eigenvalue weighted by atomic mass is 16.5. The summed E-state index contributed by atoms with van der Waals surface area (Å²) < 4.78 is 5.16. The van der Waals surface area contributed by atoms with E-state index < -0.39 is 6.09 Å². The summed E-state index contributed by atoms with van der Waals surface area (Å²) in [5, 5.41) is 11.7. The highest BCUT2D eigenvalue weighted by molar-refractivity contribution is 5.87. The number of hydrogen-bond acceptors (Lipinski definition) is 4. The highest BCUT2D eigenvalue weighted by Crippen LogP contribution is 2.22. The maximum absolute atomic E-state index is 11.9. The Bertz CT molecular complexity index is 691. The van der Waals surface area contributed by atoms with Crippen LogP contribution < -0.4 is 10.2 Å². The largest absolute Gasteiger partial charge is 0.444 e. The van der Waals surface area contributed by atoms with Crippen molar-refractivity contribution >= 4 is 17.5 Å². The Hall–Kier alpha value is -3.00. The molecule has 0 fully saturated rings. The maximum atomic E-state index is 11.9. The third kappa shape index (κ3) is 4.00. The van der Waals surface area contributed by atoms with E-state index >= 15 is 0 Å². The van der Waals surface area contributed by atoms with E-state index in [1.165, 1.54) is 0 Å². The summed E-state index contributed by atoms with van der Waals surface area (Å²) in [7, 11) is 3.78. The number of carbonyl (C=O) groups excluding carboxylic acids is 1. The molecule has 0 aliphatic rings. The first-order valence-electron chi connectivity index (χ1n) is 6.79. The Kier molecular flexibility index (Phi) is 4.99. The minimum Gasteiger partial charge on any atom is -0.444 e. The van der Waals surface area contributed by atoms with Crippen molar-refractivity contribution < 1.29 is 9.53 Å². The van der Waals surface area contributed by atoms with Crippen LogP contribution in [0.4, 0.5) is 16.2 Å². The molecule has 0 aliphatic carbocycles. The lowest BCUT2D eigenvalue weighted by Crippen LogP contribution is -2.15. The number of benzene rings is 2. The molecule has 0 spiro atoms. The van der Waals surface area contributed by atoms with Crippen LogP contribution in [0.5, 0.6) is 0 Å². The molecule has 1 N–H and O–H groups in total. The Morgan fingerprint density at radius 1 is 1.23 bits per heavy atom. The number of rotatable bonds is 4. The van der Waals surface area contributed by atoms with Gasteiger partial charge in [-0.2, -0.15) is 5.26 Å². The molecule has 0 atom stereocenters. The van der Waals surface area contributed by atoms with Crippen LogP contribution in [0.15, 0.2) is 48.5 Å². The zero-order chi connectivity index (χ0) is 15.9. The van der Waals surface area contributed by atoms with E-state index in [0.717, 1.165) is 11.3 Å². The molecule has 0 saturated heterocycles. The molecular formula is C17H17N3O2. The minimum atomic E-state index is -0.587. The minimum absolute atomic E-state index is 0.182. The van der Waals surface area contributed by atoms with Gasteiger partial charge in [0.1, 0.15) is 12.7 Å². The number of carbonyl (C=O) groups is 1. The molecule has 5 heteroatoms. The van der Waals surface area contributed by atoms with E-state index in [1.54, 1.807) is 12.1 Å². The van der Waals surface area contributed by atoms with Crippen LogP contribution >= 0.6 is 0 Å². The summed E-state index contributed by atoms with van der Waals surface area (Å²) in [4.78, 5) is 13.8. The van der Waals surface area contributed by atoms with Gasteiger partial charge in [0.2, 0.25) is 0 Å². The fraction of sp³-hybridized carbons (Fsp3) is 0.176. The Morgan fingerprint density at radius 2 is 1.95 bits per heavy atom. The number of nitriles is 1. The second-order valence-corrected chi connectivity index (χ2v) is 4.92. The van der Waals surface area contributed by atoms with Crippen LogP contribution in [0.2, 0.25) is 0 Å². The molecule has 5 nitrogen and oxygen atoms in total. The number of nitrogens with zero attached hydrogens (tertiary/aromatic N) is 2. The van der Waals surface area contributed by atoms with Crippen molar-refractivity contribution in [1.29, 1.82) is 5.26 Å². The van der Waals surface area contributed by atoms with Crippen LogP contribution in [-0.4, -0.2) is 20.2 Å². The molecule has 0 aromatic heterocycles. The molecule has 0 radical (unpaired) electrons. The van der Waals surface area contributed by atoms with Gasteiger partial charge in [-0.05, 0) is 23.8 Å². The first kappa shape index (κ1) is 15.4. The predicted octanol–water partition coefficient (Wildman–Crippen LogP) is 3.37. The highest BCUT2D eigenvalue weighted by Gasteiger charge is 2.09. The van der Waals surface area contributed by atoms with Gasteiger partial charge < -0.3 is 9.64 Å². The molecule has 2 rings (SSSR count). The smallest absolute Gasteiger partial charge is 0.411 e. The van der Waals surface area contributed by atoms with Gasteiger partial charge >= 0.3 is 6.09 Å². The van der Waals surface area contributed by atoms with Gasteiger partial charge in [0.25, 0.3) is 0 Å². The van der Waals surface area contributed by atoms with Crippen molar-refractivity contribution in [3.8, 4) is 6.07 Å². The van der Waals surface area contributed by atoms with Crippen molar-refractivity contribution in [2.24, 2.45) is 0 Å². The number of nitrogens with one attached hydrogen (secondary N) is 1. The summed E-state index contributed by atoms with van der Waals surface area (Å²) >= 11 is 0. The number of amides is 1. The molecule has 0 bridgehead atoms. The van der Waals surface area contributed by atoms with E-state index in [0.29, 0.717) is 11.3 Å². The van der Waals surface area contributed by atoms with Crippen LogP contribution in [0.25, 0.3) is 0 Å². The lowest BCUT2D eigenvalue weighted by Gasteiger charge is -2.15. The summed E-state index contributed by atoms with van der Waals surface area (Å²) in [6.45, 7) is 0.182. The average Bonchev–Trinajstić information content (AvgIpc) is 2.53. The number of ether oxygens (including phenoxy) is 1. The number of anilines is 2. The Morgan fingerprint density at radius 3 is 2.59 bits per heavy atom. The molecule has 112 valence electrons. The lowest BCUT2D eigenvalue weighted by molar-refractivity contribution is 0.155. The molecule has 2 aromatic carbocycles. The quantitative estimate of drug-likeness (QED) is 0.939. The van der Waals surface area contributed by atoms with Crippen LogP contribution in [0.3, 0.4) is 0 Å². The monoisotopic (exact) mass is 295 g/mol. The molecule has 2 aromatic rings. The normalized spacial score (nSPS) is 9.68. The fourth-order valence-electron chi connectivity index (χ4n) is 1.88. The zero-order valence-electron chi connectivity index (χ0n) is 12.5. The van der Waals surface area contributed by atoms with Gasteiger partial charge in [-0.1, -0.05) is 30.3 Å². The SMILES string of the molecule is CN(C)c1ccc(C#N)c(NC(=O)OCc2ccccc2)c1. The second kappa shape index (κ2) is 7.14. The third-order valence-corrected chi connectivity index (χ3v) is 3.09. The van der Waals surface area contributed by atoms with Gasteiger partial charge in [-0.25, -0.2) is 4.79 Å². The Labute approximate surface area is 129 Å². The standard InChI is InChI=1S/C17H17N3O2/c1-20(2)15-9-8-14(11-18)16(10-15)19-17(21)22-12-13-6-4-3-5-7-13/h3-10H,12H2,1-2H3,(H,19,21). The van der Waals surface area contributed by atoms with Crippen molar-refractivity contribution in [2.45, 2.75) is 6.61 Å². The van der Waals surface area contributed by atoms with Crippen molar-refractivity contribution in [3.63, 3.8) is 0 Å². The summed E-state index contributed by atoms with van der Waals surface area (Å²) in [6.07, 6.45) is -0.587. The molecule has 22 heavy (non-hydrogen) atoms. The molecule has 0 aliphatic heterocycles. The Balaban J connectivity index is 2.04. The lowest BCUT2D eigenvalue weighted by atomic mass is 10.1. The van der Waals surface area contributed by atoms with E-state index in [-0.39, 0.29) is 6.61 Å². The zero-order valence-corrected chi connectivity index (χ0v) is 12.5. The maximum Gasteiger partial charge on any atom is 0.411 e. The molecular weight excluding hydrogens is 278 g/mol. The molecule has 0 unspecified atom stereocenters. The van der Waals surface area contributed by atoms with Crippen molar-refractivity contribution in [3.05, 3.63) is 59.7 Å². The van der Waals surface area contributed by atoms with E-state index in [1.807, 2.05) is 55.4 Å². The average molecular weight is 295 g/mol. The van der Waals surface area contributed by atoms with Crippen LogP contribution in [0.1, 0.15) is 11.1 Å². The molecule has 0 heterocycles. The van der Waals surface area contributed by atoms with Crippen molar-refractivity contribution in [2.75, 3.05) is 24.3 Å². The molecule has 1 amide bonds. The summed E-state index contributed by atoms with van der Waals surface area (Å²) in [5.41, 5.74) is 2.62. The second-order valence-electron chi connectivity index (χ2n) is 4.92. The van der Waals surface area contributed by atoms with E-state index in [4.69, 9.17) is 10.00 Å². The van der Waals surface area contributed by atoms with E-state index in [2.05, 4.69) is 11.4 Å². The van der Waals surface area contributed by atoms with Crippen molar-refractivity contribution in [1.82, 2.24) is 0 Å². The van der Waals surface area contributed by atoms with E-state index in [9.17, 15) is 4.79 Å². The fourth-order valence-corrected chi connectivity index (χ4v) is 1.88. The van der Waals surface area contributed by atoms with Gasteiger partial charge in [0.05, 0.1) is 11.3 Å². The van der Waals surface area contributed by atoms with Crippen LogP contribution in [-0.2, 0) is 11.3 Å². The topological polar surface area (TPSA) is 65.4 Å². The first-order chi connectivity index (χ1) is 10.6. The van der Waals surface area contributed by atoms with Gasteiger partial charge in [0, 0.05) is 19.8 Å². The van der Waals surface area contributed by atoms with Gasteiger partial charge in [-0.3, -0.25) is 5.32 Å². The number of hydrogen-bond donors (Lipinski definition) is 1. The van der Waals surface area contributed by atoms with Crippen LogP contribution in [0, 0.1) is 11.3 Å². The predicted molar refractivity (Wildman–Crippen MR) is 85.7 cm³/mol. The summed E-state index contributed by atoms with van der Waals surface area (Å²) in [5.74, 6) is 0. The van der Waals surface area contributed by atoms with Gasteiger partial charge in [0.15, 0.2) is 0 Å². The molecule has 0 saturated carbocycles. The van der Waals surface area contributed by atoms with Gasteiger partial charge in [-0.15, -0.1) is 0 Å². The third-order valence-electron chi connectivity index (χ3n) is 3.09. The summed E-state index contributed by atoms with van der Waals surface area (Å²) in [6, 6.07) is 16.7. The first-order valence-corrected chi connectivity index (χ1v) is 6.79.